The largest absolute Gasteiger partial charge is 0.457 e. The van der Waals surface area contributed by atoms with Gasteiger partial charge in [-0.05, 0) is 79.0 Å². The Balaban J connectivity index is 1.45. The van der Waals surface area contributed by atoms with Gasteiger partial charge in [0.1, 0.15) is 12.5 Å². The van der Waals surface area contributed by atoms with E-state index in [1.165, 1.54) is 22.4 Å². The number of anilines is 1. The van der Waals surface area contributed by atoms with E-state index in [0.29, 0.717) is 18.3 Å². The maximum Gasteiger partial charge on any atom is 0.253 e. The van der Waals surface area contributed by atoms with Crippen molar-refractivity contribution in [2.45, 2.75) is 81.7 Å². The molecule has 5 heteroatoms. The highest BCUT2D eigenvalue weighted by atomic mass is 16.7. The molecule has 3 saturated carbocycles. The lowest BCUT2D eigenvalue weighted by atomic mass is 9.51. The summed E-state index contributed by atoms with van der Waals surface area (Å²) in [4.78, 5) is 2.13. The fourth-order valence-corrected chi connectivity index (χ4v) is 8.08. The topological polar surface area (TPSA) is 62.2 Å². The van der Waals surface area contributed by atoms with Crippen LogP contribution in [0.3, 0.4) is 0 Å². The van der Waals surface area contributed by atoms with E-state index in [9.17, 15) is 10.2 Å². The number of rotatable bonds is 2. The Morgan fingerprint density at radius 1 is 1.00 bits per heavy atom. The van der Waals surface area contributed by atoms with Crippen LogP contribution in [0.25, 0.3) is 0 Å². The second kappa shape index (κ2) is 7.26. The lowest BCUT2D eigenvalue weighted by Crippen LogP contribution is -2.53. The van der Waals surface area contributed by atoms with Gasteiger partial charge in [-0.2, -0.15) is 0 Å². The van der Waals surface area contributed by atoms with Crippen LogP contribution in [0.1, 0.15) is 69.8 Å². The Bertz CT molecular complexity index is 990. The molecule has 0 bridgehead atoms. The highest BCUT2D eigenvalue weighted by Gasteiger charge is 2.60. The van der Waals surface area contributed by atoms with Crippen LogP contribution in [0.4, 0.5) is 5.69 Å². The SMILES string of the molecule is CN(C)c1ccc([C@H]2C[C@]3(C)[C@H](O)CC[C@H]3[C@@H]3CC[C@@]4(O)CC5(CCC4=C32)OC=CO5)cc1. The van der Waals surface area contributed by atoms with E-state index < -0.39 is 11.4 Å². The predicted molar refractivity (Wildman–Crippen MR) is 128 cm³/mol. The Morgan fingerprint density at radius 3 is 2.42 bits per heavy atom. The zero-order valence-electron chi connectivity index (χ0n) is 20.1. The molecule has 5 nitrogen and oxygen atoms in total. The number of aliphatic hydroxyl groups is 2. The first-order valence-electron chi connectivity index (χ1n) is 12.7. The van der Waals surface area contributed by atoms with E-state index in [1.54, 1.807) is 12.5 Å². The van der Waals surface area contributed by atoms with Crippen LogP contribution in [0, 0.1) is 17.3 Å². The number of allylic oxidation sites excluding steroid dienone is 1. The smallest absolute Gasteiger partial charge is 0.253 e. The molecule has 2 N–H and O–H groups in total. The van der Waals surface area contributed by atoms with Gasteiger partial charge in [0.2, 0.25) is 0 Å². The highest BCUT2D eigenvalue weighted by molar-refractivity contribution is 5.50. The predicted octanol–water partition coefficient (Wildman–Crippen LogP) is 4.85. The lowest BCUT2D eigenvalue weighted by molar-refractivity contribution is -0.196. The van der Waals surface area contributed by atoms with Crippen LogP contribution in [-0.2, 0) is 9.47 Å². The summed E-state index contributed by atoms with van der Waals surface area (Å²) in [6.07, 6.45) is 9.73. The first-order chi connectivity index (χ1) is 15.7. The van der Waals surface area contributed by atoms with Crippen molar-refractivity contribution >= 4 is 5.69 Å². The summed E-state index contributed by atoms with van der Waals surface area (Å²) < 4.78 is 11.7. The minimum atomic E-state index is -0.872. The normalized spacial score (nSPS) is 40.6. The molecule has 5 aliphatic rings. The Labute approximate surface area is 197 Å². The maximum absolute atomic E-state index is 12.0. The van der Waals surface area contributed by atoms with Gasteiger partial charge >= 0.3 is 0 Å². The third-order valence-electron chi connectivity index (χ3n) is 9.79. The molecule has 178 valence electrons. The molecule has 0 amide bonds. The number of aliphatic hydroxyl groups excluding tert-OH is 1. The van der Waals surface area contributed by atoms with Crippen LogP contribution in [-0.4, -0.2) is 41.8 Å². The third kappa shape index (κ3) is 3.11. The fourth-order valence-electron chi connectivity index (χ4n) is 8.08. The Hall–Kier alpha value is -1.98. The summed E-state index contributed by atoms with van der Waals surface area (Å²) in [7, 11) is 4.13. The molecule has 1 aromatic carbocycles. The molecule has 0 aromatic heterocycles. The van der Waals surface area contributed by atoms with Gasteiger partial charge in [0.25, 0.3) is 5.79 Å². The van der Waals surface area contributed by atoms with E-state index in [-0.39, 0.29) is 17.4 Å². The van der Waals surface area contributed by atoms with E-state index in [4.69, 9.17) is 9.47 Å². The first-order valence-corrected chi connectivity index (χ1v) is 12.7. The number of hydrogen-bond donors (Lipinski definition) is 2. The minimum Gasteiger partial charge on any atom is -0.457 e. The fraction of sp³-hybridized carbons (Fsp3) is 0.643. The second-order valence-electron chi connectivity index (χ2n) is 11.7. The van der Waals surface area contributed by atoms with Gasteiger partial charge in [-0.3, -0.25) is 0 Å². The number of ether oxygens (including phenoxy) is 2. The van der Waals surface area contributed by atoms with Gasteiger partial charge in [0.15, 0.2) is 0 Å². The molecular formula is C28H37NO4. The molecule has 0 radical (unpaired) electrons. The molecular weight excluding hydrogens is 414 g/mol. The van der Waals surface area contributed by atoms with Crippen molar-refractivity contribution in [2.75, 3.05) is 19.0 Å². The Morgan fingerprint density at radius 2 is 1.73 bits per heavy atom. The summed E-state index contributed by atoms with van der Waals surface area (Å²) >= 11 is 0. The van der Waals surface area contributed by atoms with Crippen molar-refractivity contribution in [3.8, 4) is 0 Å². The van der Waals surface area contributed by atoms with Gasteiger partial charge in [-0.25, -0.2) is 0 Å². The molecule has 1 aromatic rings. The van der Waals surface area contributed by atoms with Crippen molar-refractivity contribution in [3.05, 3.63) is 53.5 Å². The molecule has 1 aliphatic heterocycles. The molecule has 0 saturated heterocycles. The van der Waals surface area contributed by atoms with Crippen LogP contribution >= 0.6 is 0 Å². The number of benzene rings is 1. The molecule has 6 rings (SSSR count). The zero-order valence-corrected chi connectivity index (χ0v) is 20.1. The van der Waals surface area contributed by atoms with Crippen molar-refractivity contribution in [1.82, 2.24) is 0 Å². The Kier molecular flexibility index (Phi) is 4.74. The maximum atomic E-state index is 12.0. The average Bonchev–Trinajstić information content (AvgIpc) is 3.36. The molecule has 3 fully saturated rings. The zero-order chi connectivity index (χ0) is 23.0. The highest BCUT2D eigenvalue weighted by Crippen LogP contribution is 2.65. The van der Waals surface area contributed by atoms with Gasteiger partial charge in [0, 0.05) is 32.1 Å². The van der Waals surface area contributed by atoms with E-state index >= 15 is 0 Å². The standard InChI is InChI=1S/C28H37NO4/c1-26-16-21(18-4-6-19(7-5-18)29(2)3)25-20(22(26)8-9-24(26)30)10-12-27(31)17-28(13-11-23(25)27)32-14-15-33-28/h4-7,14-15,20-22,24,30-31H,8-13,16-17H2,1-3H3/t20-,21+,22-,24+,26-,27+/m0/s1. The average molecular weight is 452 g/mol. The van der Waals surface area contributed by atoms with Crippen molar-refractivity contribution < 1.29 is 19.7 Å². The number of fused-ring (bicyclic) bond motifs is 4. The van der Waals surface area contributed by atoms with Crippen LogP contribution in [0.2, 0.25) is 0 Å². The third-order valence-corrected chi connectivity index (χ3v) is 9.79. The van der Waals surface area contributed by atoms with E-state index in [0.717, 1.165) is 44.9 Å². The summed E-state index contributed by atoms with van der Waals surface area (Å²) in [6, 6.07) is 8.93. The van der Waals surface area contributed by atoms with Crippen LogP contribution in [0.5, 0.6) is 0 Å². The molecule has 1 heterocycles. The van der Waals surface area contributed by atoms with Gasteiger partial charge in [-0.15, -0.1) is 0 Å². The summed E-state index contributed by atoms with van der Waals surface area (Å²) in [5, 5.41) is 23.1. The summed E-state index contributed by atoms with van der Waals surface area (Å²) in [6.45, 7) is 2.32. The molecule has 6 atom stereocenters. The van der Waals surface area contributed by atoms with Crippen molar-refractivity contribution in [1.29, 1.82) is 0 Å². The van der Waals surface area contributed by atoms with E-state index in [2.05, 4.69) is 50.2 Å². The lowest BCUT2D eigenvalue weighted by Gasteiger charge is -2.55. The van der Waals surface area contributed by atoms with Gasteiger partial charge in [0.05, 0.1) is 18.1 Å². The minimum absolute atomic E-state index is 0.0629. The quantitative estimate of drug-likeness (QED) is 0.629. The van der Waals surface area contributed by atoms with Crippen LogP contribution < -0.4 is 4.90 Å². The molecule has 33 heavy (non-hydrogen) atoms. The molecule has 4 aliphatic carbocycles. The number of hydrogen-bond acceptors (Lipinski definition) is 5. The second-order valence-corrected chi connectivity index (χ2v) is 11.7. The summed E-state index contributed by atoms with van der Waals surface area (Å²) in [5.74, 6) is 0.460. The number of nitrogens with zero attached hydrogens (tertiary/aromatic N) is 1. The summed E-state index contributed by atoms with van der Waals surface area (Å²) in [5.41, 5.74) is 4.28. The van der Waals surface area contributed by atoms with Crippen molar-refractivity contribution in [3.63, 3.8) is 0 Å². The van der Waals surface area contributed by atoms with Crippen molar-refractivity contribution in [2.24, 2.45) is 17.3 Å². The van der Waals surface area contributed by atoms with Gasteiger partial charge in [-0.1, -0.05) is 24.6 Å². The molecule has 0 unspecified atom stereocenters. The first kappa shape index (κ1) is 21.5. The van der Waals surface area contributed by atoms with E-state index in [1.807, 2.05) is 0 Å². The molecule has 1 spiro atoms. The van der Waals surface area contributed by atoms with Crippen LogP contribution in [0.15, 0.2) is 47.9 Å². The monoisotopic (exact) mass is 451 g/mol. The van der Waals surface area contributed by atoms with Gasteiger partial charge < -0.3 is 24.6 Å².